The van der Waals surface area contributed by atoms with E-state index in [4.69, 9.17) is 4.74 Å². The smallest absolute Gasteiger partial charge is 0.234 e. The second kappa shape index (κ2) is 7.43. The zero-order valence-electron chi connectivity index (χ0n) is 9.29. The molecule has 0 radical (unpaired) electrons. The molecule has 1 unspecified atom stereocenters. The van der Waals surface area contributed by atoms with Crippen LogP contribution in [0.5, 0.6) is 0 Å². The zero-order valence-corrected chi connectivity index (χ0v) is 9.29. The number of rotatable bonds is 6. The van der Waals surface area contributed by atoms with Crippen molar-refractivity contribution in [1.29, 1.82) is 0 Å². The van der Waals surface area contributed by atoms with Gasteiger partial charge in [-0.1, -0.05) is 12.2 Å². The summed E-state index contributed by atoms with van der Waals surface area (Å²) in [6.45, 7) is 1.53. The lowest BCUT2D eigenvalue weighted by Gasteiger charge is -2.17. The van der Waals surface area contributed by atoms with Gasteiger partial charge in [0, 0.05) is 19.7 Å². The molecule has 0 spiro atoms. The van der Waals surface area contributed by atoms with Crippen molar-refractivity contribution in [3.8, 4) is 0 Å². The Morgan fingerprint density at radius 2 is 2.47 bits per heavy atom. The molecule has 0 aromatic carbocycles. The molecule has 1 amide bonds. The van der Waals surface area contributed by atoms with Crippen LogP contribution >= 0.6 is 0 Å². The first-order valence-electron chi connectivity index (χ1n) is 5.48. The number of nitrogens with one attached hydrogen (secondary N) is 2. The average molecular weight is 212 g/mol. The fraction of sp³-hybridized carbons (Fsp3) is 0.727. The number of hydrogen-bond acceptors (Lipinski definition) is 3. The average Bonchev–Trinajstić information content (AvgIpc) is 2.28. The molecule has 0 aliphatic heterocycles. The van der Waals surface area contributed by atoms with Gasteiger partial charge in [0.15, 0.2) is 0 Å². The van der Waals surface area contributed by atoms with Gasteiger partial charge in [-0.25, -0.2) is 0 Å². The van der Waals surface area contributed by atoms with Crippen molar-refractivity contribution in [2.75, 3.05) is 26.8 Å². The molecule has 0 heterocycles. The third-order valence-electron chi connectivity index (χ3n) is 2.41. The van der Waals surface area contributed by atoms with E-state index in [1.54, 1.807) is 7.11 Å². The Kier molecular flexibility index (Phi) is 6.04. The molecule has 0 fully saturated rings. The number of allylic oxidation sites excluding steroid dienone is 1. The molecular formula is C11H20N2O2. The highest BCUT2D eigenvalue weighted by molar-refractivity contribution is 5.78. The maximum Gasteiger partial charge on any atom is 0.234 e. The van der Waals surface area contributed by atoms with E-state index >= 15 is 0 Å². The third-order valence-corrected chi connectivity index (χ3v) is 2.41. The molecule has 1 atom stereocenters. The van der Waals surface area contributed by atoms with E-state index in [0.29, 0.717) is 25.7 Å². The van der Waals surface area contributed by atoms with E-state index < -0.39 is 0 Å². The summed E-state index contributed by atoms with van der Waals surface area (Å²) in [5.41, 5.74) is 0. The minimum atomic E-state index is 0.0334. The van der Waals surface area contributed by atoms with Crippen LogP contribution in [0.25, 0.3) is 0 Å². The lowest BCUT2D eigenvalue weighted by molar-refractivity contribution is -0.120. The summed E-state index contributed by atoms with van der Waals surface area (Å²) in [6, 6.07) is 0.368. The maximum absolute atomic E-state index is 11.3. The fourth-order valence-corrected chi connectivity index (χ4v) is 1.56. The highest BCUT2D eigenvalue weighted by Gasteiger charge is 2.08. The molecular weight excluding hydrogens is 192 g/mol. The molecule has 1 aliphatic carbocycles. The number of carbonyl (C=O) groups is 1. The lowest BCUT2D eigenvalue weighted by atomic mass is 10.0. The highest BCUT2D eigenvalue weighted by Crippen LogP contribution is 2.09. The molecule has 15 heavy (non-hydrogen) atoms. The second-order valence-corrected chi connectivity index (χ2v) is 3.69. The summed E-state index contributed by atoms with van der Waals surface area (Å²) in [4.78, 5) is 11.3. The number of carbonyl (C=O) groups excluding carboxylic acids is 1. The first-order valence-corrected chi connectivity index (χ1v) is 5.48. The van der Waals surface area contributed by atoms with E-state index in [1.807, 2.05) is 0 Å². The monoisotopic (exact) mass is 212 g/mol. The fourth-order valence-electron chi connectivity index (χ4n) is 1.56. The van der Waals surface area contributed by atoms with E-state index in [1.165, 1.54) is 6.42 Å². The van der Waals surface area contributed by atoms with Crippen LogP contribution in [0.15, 0.2) is 12.2 Å². The summed E-state index contributed by atoms with van der Waals surface area (Å²) in [7, 11) is 1.62. The van der Waals surface area contributed by atoms with E-state index in [0.717, 1.165) is 12.8 Å². The summed E-state index contributed by atoms with van der Waals surface area (Å²) in [5, 5.41) is 5.98. The molecule has 2 N–H and O–H groups in total. The van der Waals surface area contributed by atoms with Crippen LogP contribution < -0.4 is 10.6 Å². The molecule has 0 saturated heterocycles. The van der Waals surface area contributed by atoms with Crippen LogP contribution in [0, 0.1) is 0 Å². The Labute approximate surface area is 91.1 Å². The van der Waals surface area contributed by atoms with Crippen LogP contribution in [-0.4, -0.2) is 38.8 Å². The summed E-state index contributed by atoms with van der Waals surface area (Å²) >= 11 is 0. The molecule has 0 bridgehead atoms. The van der Waals surface area contributed by atoms with Crippen LogP contribution in [0.4, 0.5) is 0 Å². The Morgan fingerprint density at radius 1 is 1.60 bits per heavy atom. The molecule has 86 valence electrons. The minimum absolute atomic E-state index is 0.0334. The van der Waals surface area contributed by atoms with Crippen molar-refractivity contribution in [3.05, 3.63) is 12.2 Å². The van der Waals surface area contributed by atoms with Gasteiger partial charge in [-0.05, 0) is 19.3 Å². The van der Waals surface area contributed by atoms with Crippen LogP contribution in [-0.2, 0) is 9.53 Å². The number of methoxy groups -OCH3 is 1. The molecule has 1 rings (SSSR count). The van der Waals surface area contributed by atoms with Crippen molar-refractivity contribution in [2.45, 2.75) is 25.3 Å². The van der Waals surface area contributed by atoms with Crippen molar-refractivity contribution >= 4 is 5.91 Å². The maximum atomic E-state index is 11.3. The molecule has 4 heteroatoms. The number of amides is 1. The van der Waals surface area contributed by atoms with Gasteiger partial charge >= 0.3 is 0 Å². The van der Waals surface area contributed by atoms with Crippen LogP contribution in [0.2, 0.25) is 0 Å². The minimum Gasteiger partial charge on any atom is -0.383 e. The van der Waals surface area contributed by atoms with Crippen LogP contribution in [0.1, 0.15) is 19.3 Å². The van der Waals surface area contributed by atoms with Crippen molar-refractivity contribution in [3.63, 3.8) is 0 Å². The van der Waals surface area contributed by atoms with E-state index in [2.05, 4.69) is 22.8 Å². The van der Waals surface area contributed by atoms with Gasteiger partial charge < -0.3 is 15.4 Å². The van der Waals surface area contributed by atoms with Crippen LogP contribution in [0.3, 0.4) is 0 Å². The topological polar surface area (TPSA) is 50.4 Å². The Morgan fingerprint density at radius 3 is 3.13 bits per heavy atom. The zero-order chi connectivity index (χ0) is 10.9. The molecule has 0 aromatic rings. The normalized spacial score (nSPS) is 20.2. The van der Waals surface area contributed by atoms with Gasteiger partial charge in [-0.2, -0.15) is 0 Å². The van der Waals surface area contributed by atoms with Crippen molar-refractivity contribution < 1.29 is 9.53 Å². The van der Waals surface area contributed by atoms with Crippen molar-refractivity contribution in [1.82, 2.24) is 10.6 Å². The predicted molar refractivity (Wildman–Crippen MR) is 59.7 cm³/mol. The van der Waals surface area contributed by atoms with Gasteiger partial charge in [0.25, 0.3) is 0 Å². The molecule has 1 aliphatic rings. The number of ether oxygens (including phenoxy) is 1. The quantitative estimate of drug-likeness (QED) is 0.496. The first-order chi connectivity index (χ1) is 7.33. The Bertz CT molecular complexity index is 217. The summed E-state index contributed by atoms with van der Waals surface area (Å²) in [5.74, 6) is 0.0334. The Balaban J connectivity index is 2.05. The molecule has 0 aromatic heterocycles. The highest BCUT2D eigenvalue weighted by atomic mass is 16.5. The number of hydrogen-bond donors (Lipinski definition) is 2. The van der Waals surface area contributed by atoms with Crippen molar-refractivity contribution in [2.24, 2.45) is 0 Å². The summed E-state index contributed by atoms with van der Waals surface area (Å²) < 4.78 is 4.84. The SMILES string of the molecule is COCCNC(=O)CNC1C=CCCC1. The summed E-state index contributed by atoms with van der Waals surface area (Å²) in [6.07, 6.45) is 7.81. The van der Waals surface area contributed by atoms with Gasteiger partial charge in [-0.3, -0.25) is 4.79 Å². The standard InChI is InChI=1S/C11H20N2O2/c1-15-8-7-12-11(14)9-13-10-5-3-2-4-6-10/h3,5,10,13H,2,4,6-9H2,1H3,(H,12,14). The first kappa shape index (κ1) is 12.2. The van der Waals surface area contributed by atoms with Gasteiger partial charge in [-0.15, -0.1) is 0 Å². The Hall–Kier alpha value is -0.870. The second-order valence-electron chi connectivity index (χ2n) is 3.69. The largest absolute Gasteiger partial charge is 0.383 e. The van der Waals surface area contributed by atoms with Gasteiger partial charge in [0.1, 0.15) is 0 Å². The van der Waals surface area contributed by atoms with Gasteiger partial charge in [0.05, 0.1) is 13.2 Å². The van der Waals surface area contributed by atoms with E-state index in [9.17, 15) is 4.79 Å². The molecule has 4 nitrogen and oxygen atoms in total. The van der Waals surface area contributed by atoms with E-state index in [-0.39, 0.29) is 5.91 Å². The van der Waals surface area contributed by atoms with Gasteiger partial charge in [0.2, 0.25) is 5.91 Å². The predicted octanol–water partition coefficient (Wildman–Crippen LogP) is 0.447. The third kappa shape index (κ3) is 5.54. The lowest BCUT2D eigenvalue weighted by Crippen LogP contribution is -2.39. The molecule has 0 saturated carbocycles.